The Bertz CT molecular complexity index is 835. The van der Waals surface area contributed by atoms with E-state index in [1.807, 2.05) is 30.3 Å². The Balaban J connectivity index is 1.71. The van der Waals surface area contributed by atoms with Crippen molar-refractivity contribution in [1.29, 1.82) is 0 Å². The number of halogens is 1. The molecule has 1 aliphatic heterocycles. The number of hydrogen-bond acceptors (Lipinski definition) is 3. The van der Waals surface area contributed by atoms with Gasteiger partial charge in [0.05, 0.1) is 17.4 Å². The quantitative estimate of drug-likeness (QED) is 0.845. The normalized spacial score (nSPS) is 20.0. The number of carbonyl (C=O) groups is 1. The van der Waals surface area contributed by atoms with Gasteiger partial charge >= 0.3 is 0 Å². The van der Waals surface area contributed by atoms with Crippen LogP contribution in [0, 0.1) is 5.82 Å². The number of sulfone groups is 1. The molecule has 1 heterocycles. The zero-order valence-corrected chi connectivity index (χ0v) is 14.6. The van der Waals surface area contributed by atoms with Crippen LogP contribution in [0.1, 0.15) is 22.8 Å². The van der Waals surface area contributed by atoms with Gasteiger partial charge in [0, 0.05) is 13.1 Å². The highest BCUT2D eigenvalue weighted by atomic mass is 32.2. The maximum absolute atomic E-state index is 13.0. The molecule has 1 aliphatic rings. The fraction of sp³-hybridized carbons (Fsp3) is 0.316. The molecule has 0 aliphatic carbocycles. The molecule has 6 heteroatoms. The number of nitrogens with zero attached hydrogens (tertiary/aromatic N) is 1. The molecule has 0 spiro atoms. The SMILES string of the molecule is O=C(Cc1ccc(F)cc1)N1CCC(c2ccccc2)S(=O)(=O)CC1. The van der Waals surface area contributed by atoms with Crippen molar-refractivity contribution in [2.45, 2.75) is 18.1 Å². The van der Waals surface area contributed by atoms with Crippen molar-refractivity contribution < 1.29 is 17.6 Å². The molecule has 1 amide bonds. The largest absolute Gasteiger partial charge is 0.341 e. The van der Waals surface area contributed by atoms with Crippen LogP contribution in [0.3, 0.4) is 0 Å². The number of amides is 1. The molecule has 0 N–H and O–H groups in total. The smallest absolute Gasteiger partial charge is 0.227 e. The second-order valence-corrected chi connectivity index (χ2v) is 8.54. The first-order chi connectivity index (χ1) is 12.0. The van der Waals surface area contributed by atoms with Gasteiger partial charge in [0.2, 0.25) is 5.91 Å². The van der Waals surface area contributed by atoms with Gasteiger partial charge in [-0.3, -0.25) is 4.79 Å². The Morgan fingerprint density at radius 3 is 2.40 bits per heavy atom. The van der Waals surface area contributed by atoms with E-state index in [1.165, 1.54) is 12.1 Å². The summed E-state index contributed by atoms with van der Waals surface area (Å²) in [4.78, 5) is 14.1. The van der Waals surface area contributed by atoms with Crippen LogP contribution >= 0.6 is 0 Å². The molecule has 0 bridgehead atoms. The van der Waals surface area contributed by atoms with Gasteiger partial charge in [-0.1, -0.05) is 42.5 Å². The molecule has 25 heavy (non-hydrogen) atoms. The lowest BCUT2D eigenvalue weighted by Crippen LogP contribution is -2.34. The van der Waals surface area contributed by atoms with Crippen molar-refractivity contribution in [1.82, 2.24) is 4.90 Å². The van der Waals surface area contributed by atoms with Gasteiger partial charge in [-0.2, -0.15) is 0 Å². The van der Waals surface area contributed by atoms with Crippen molar-refractivity contribution in [2.75, 3.05) is 18.8 Å². The third-order valence-corrected chi connectivity index (χ3v) is 6.66. The van der Waals surface area contributed by atoms with E-state index in [0.29, 0.717) is 13.0 Å². The van der Waals surface area contributed by atoms with E-state index in [-0.39, 0.29) is 30.4 Å². The Hall–Kier alpha value is -2.21. The van der Waals surface area contributed by atoms with E-state index in [1.54, 1.807) is 17.0 Å². The highest BCUT2D eigenvalue weighted by molar-refractivity contribution is 7.91. The van der Waals surface area contributed by atoms with Crippen LogP contribution < -0.4 is 0 Å². The summed E-state index contributed by atoms with van der Waals surface area (Å²) in [6.45, 7) is 0.602. The van der Waals surface area contributed by atoms with E-state index in [0.717, 1.165) is 11.1 Å². The summed E-state index contributed by atoms with van der Waals surface area (Å²) in [5.41, 5.74) is 1.49. The number of hydrogen-bond donors (Lipinski definition) is 0. The summed E-state index contributed by atoms with van der Waals surface area (Å²) in [5, 5.41) is -0.572. The standard InChI is InChI=1S/C19H20FNO3S/c20-17-8-6-15(7-9-17)14-19(22)21-11-10-18(25(23,24)13-12-21)16-4-2-1-3-5-16/h1-9,18H,10-14H2. The molecular formula is C19H20FNO3S. The van der Waals surface area contributed by atoms with Crippen LogP contribution in [0.2, 0.25) is 0 Å². The summed E-state index contributed by atoms with van der Waals surface area (Å²) in [7, 11) is -3.30. The van der Waals surface area contributed by atoms with Gasteiger partial charge in [-0.05, 0) is 29.7 Å². The molecule has 1 unspecified atom stereocenters. The number of benzene rings is 2. The maximum Gasteiger partial charge on any atom is 0.227 e. The topological polar surface area (TPSA) is 54.5 Å². The fourth-order valence-electron chi connectivity index (χ4n) is 3.12. The monoisotopic (exact) mass is 361 g/mol. The minimum absolute atomic E-state index is 0.0400. The van der Waals surface area contributed by atoms with Gasteiger partial charge in [0.1, 0.15) is 5.82 Å². The molecule has 2 aromatic carbocycles. The number of carbonyl (C=O) groups excluding carboxylic acids is 1. The van der Waals surface area contributed by atoms with Crippen LogP contribution in [0.15, 0.2) is 54.6 Å². The van der Waals surface area contributed by atoms with Crippen LogP contribution in [0.25, 0.3) is 0 Å². The average molecular weight is 361 g/mol. The maximum atomic E-state index is 13.0. The van der Waals surface area contributed by atoms with Crippen molar-refractivity contribution in [3.63, 3.8) is 0 Å². The molecule has 3 rings (SSSR count). The van der Waals surface area contributed by atoms with Gasteiger partial charge < -0.3 is 4.90 Å². The highest BCUT2D eigenvalue weighted by Crippen LogP contribution is 2.29. The predicted octanol–water partition coefficient (Wildman–Crippen LogP) is 2.76. The fourth-order valence-corrected chi connectivity index (χ4v) is 4.92. The van der Waals surface area contributed by atoms with Crippen molar-refractivity contribution in [3.8, 4) is 0 Å². The van der Waals surface area contributed by atoms with Crippen molar-refractivity contribution >= 4 is 15.7 Å². The summed E-state index contributed by atoms with van der Waals surface area (Å²) in [5.74, 6) is -0.514. The Labute approximate surface area is 147 Å². The highest BCUT2D eigenvalue weighted by Gasteiger charge is 2.32. The van der Waals surface area contributed by atoms with E-state index in [4.69, 9.17) is 0 Å². The Kier molecular flexibility index (Phi) is 5.18. The Morgan fingerprint density at radius 1 is 1.04 bits per heavy atom. The first-order valence-electron chi connectivity index (χ1n) is 8.24. The van der Waals surface area contributed by atoms with Gasteiger partial charge in [-0.25, -0.2) is 12.8 Å². The van der Waals surface area contributed by atoms with E-state index in [2.05, 4.69) is 0 Å². The summed E-state index contributed by atoms with van der Waals surface area (Å²) < 4.78 is 38.1. The third kappa shape index (κ3) is 4.25. The first kappa shape index (κ1) is 17.6. The van der Waals surface area contributed by atoms with Crippen LogP contribution in [-0.2, 0) is 21.1 Å². The molecule has 4 nitrogen and oxygen atoms in total. The minimum atomic E-state index is -3.30. The van der Waals surface area contributed by atoms with Crippen LogP contribution in [-0.4, -0.2) is 38.1 Å². The minimum Gasteiger partial charge on any atom is -0.341 e. The zero-order valence-electron chi connectivity index (χ0n) is 13.8. The first-order valence-corrected chi connectivity index (χ1v) is 9.96. The molecule has 0 saturated carbocycles. The molecule has 132 valence electrons. The second-order valence-electron chi connectivity index (χ2n) is 6.24. The number of rotatable bonds is 3. The third-order valence-electron chi connectivity index (χ3n) is 4.53. The van der Waals surface area contributed by atoms with Crippen molar-refractivity contribution in [2.24, 2.45) is 0 Å². The molecular weight excluding hydrogens is 341 g/mol. The Morgan fingerprint density at radius 2 is 1.72 bits per heavy atom. The van der Waals surface area contributed by atoms with E-state index in [9.17, 15) is 17.6 Å². The predicted molar refractivity (Wildman–Crippen MR) is 94.3 cm³/mol. The van der Waals surface area contributed by atoms with Crippen LogP contribution in [0.4, 0.5) is 4.39 Å². The lowest BCUT2D eigenvalue weighted by molar-refractivity contribution is -0.130. The van der Waals surface area contributed by atoms with Gasteiger partial charge in [-0.15, -0.1) is 0 Å². The summed E-state index contributed by atoms with van der Waals surface area (Å²) in [6.07, 6.45) is 0.540. The molecule has 0 radical (unpaired) electrons. The second kappa shape index (κ2) is 7.35. The molecule has 0 aromatic heterocycles. The zero-order chi connectivity index (χ0) is 17.9. The van der Waals surface area contributed by atoms with Crippen molar-refractivity contribution in [3.05, 3.63) is 71.5 Å². The molecule has 1 fully saturated rings. The lowest BCUT2D eigenvalue weighted by atomic mass is 10.1. The van der Waals surface area contributed by atoms with E-state index < -0.39 is 15.1 Å². The molecule has 1 saturated heterocycles. The van der Waals surface area contributed by atoms with E-state index >= 15 is 0 Å². The van der Waals surface area contributed by atoms with Crippen LogP contribution in [0.5, 0.6) is 0 Å². The summed E-state index contributed by atoms with van der Waals surface area (Å²) in [6, 6.07) is 14.9. The lowest BCUT2D eigenvalue weighted by Gasteiger charge is -2.20. The molecule has 2 aromatic rings. The van der Waals surface area contributed by atoms with Gasteiger partial charge in [0.25, 0.3) is 0 Å². The molecule has 1 atom stereocenters. The van der Waals surface area contributed by atoms with Gasteiger partial charge in [0.15, 0.2) is 9.84 Å². The average Bonchev–Trinajstić information content (AvgIpc) is 2.76. The summed E-state index contributed by atoms with van der Waals surface area (Å²) >= 11 is 0.